The van der Waals surface area contributed by atoms with Crippen LogP contribution in [-0.2, 0) is 21.1 Å². The monoisotopic (exact) mass is 416 g/mol. The van der Waals surface area contributed by atoms with E-state index in [2.05, 4.69) is 9.55 Å². The fourth-order valence-electron chi connectivity index (χ4n) is 3.47. The van der Waals surface area contributed by atoms with Crippen LogP contribution in [0.3, 0.4) is 0 Å². The molecule has 8 heteroatoms. The molecular formula is C21H28N4O3S. The number of aromatic nitrogens is 3. The standard InChI is InChI=1S/C21H28N4O3S/c1-14-15(2)23-20(22)18-19(14)25(21(24-18)16(3)28-4)12-8-9-13-29(26,27)17-10-6-5-7-11-17/h5-7,10-11,16H,8-9,12-13H2,1-4H3,(H2,22,23). The van der Waals surface area contributed by atoms with E-state index in [9.17, 15) is 8.42 Å². The first-order chi connectivity index (χ1) is 13.8. The summed E-state index contributed by atoms with van der Waals surface area (Å²) in [7, 11) is -1.64. The highest BCUT2D eigenvalue weighted by atomic mass is 32.2. The van der Waals surface area contributed by atoms with E-state index in [1.807, 2.05) is 26.8 Å². The van der Waals surface area contributed by atoms with Crippen LogP contribution in [-0.4, -0.2) is 35.8 Å². The smallest absolute Gasteiger partial charge is 0.178 e. The van der Waals surface area contributed by atoms with E-state index in [-0.39, 0.29) is 11.9 Å². The highest BCUT2D eigenvalue weighted by Gasteiger charge is 2.21. The first-order valence-electron chi connectivity index (χ1n) is 9.69. The van der Waals surface area contributed by atoms with E-state index in [4.69, 9.17) is 15.5 Å². The van der Waals surface area contributed by atoms with Crippen molar-refractivity contribution in [3.8, 4) is 0 Å². The zero-order valence-corrected chi connectivity index (χ0v) is 18.2. The number of benzene rings is 1. The lowest BCUT2D eigenvalue weighted by molar-refractivity contribution is 0.109. The Morgan fingerprint density at radius 3 is 2.48 bits per heavy atom. The molecule has 1 aromatic carbocycles. The molecule has 0 saturated heterocycles. The molecule has 2 heterocycles. The van der Waals surface area contributed by atoms with Crippen LogP contribution in [0.2, 0.25) is 0 Å². The van der Waals surface area contributed by atoms with Crippen molar-refractivity contribution in [1.82, 2.24) is 14.5 Å². The minimum absolute atomic E-state index is 0.112. The summed E-state index contributed by atoms with van der Waals surface area (Å²) in [6.45, 7) is 6.49. The summed E-state index contributed by atoms with van der Waals surface area (Å²) in [4.78, 5) is 9.44. The fraction of sp³-hybridized carbons (Fsp3) is 0.429. The topological polar surface area (TPSA) is 100 Å². The van der Waals surface area contributed by atoms with E-state index < -0.39 is 9.84 Å². The van der Waals surface area contributed by atoms with E-state index in [0.717, 1.165) is 22.6 Å². The number of fused-ring (bicyclic) bond motifs is 1. The number of rotatable bonds is 8. The van der Waals surface area contributed by atoms with Crippen LogP contribution in [0.1, 0.15) is 43.0 Å². The van der Waals surface area contributed by atoms with Gasteiger partial charge in [-0.2, -0.15) is 0 Å². The molecule has 156 valence electrons. The molecule has 0 spiro atoms. The van der Waals surface area contributed by atoms with E-state index in [1.165, 1.54) is 0 Å². The van der Waals surface area contributed by atoms with Gasteiger partial charge in [-0.05, 0) is 51.3 Å². The van der Waals surface area contributed by atoms with E-state index in [0.29, 0.717) is 35.6 Å². The summed E-state index contributed by atoms with van der Waals surface area (Å²) in [5, 5.41) is 0. The minimum atomic E-state index is -3.28. The van der Waals surface area contributed by atoms with Crippen molar-refractivity contribution in [2.24, 2.45) is 0 Å². The molecular weight excluding hydrogens is 388 g/mol. The predicted octanol–water partition coefficient (Wildman–Crippen LogP) is 3.59. The minimum Gasteiger partial charge on any atom is -0.382 e. The van der Waals surface area contributed by atoms with Crippen molar-refractivity contribution in [2.45, 2.75) is 51.2 Å². The largest absolute Gasteiger partial charge is 0.382 e. The number of unbranched alkanes of at least 4 members (excludes halogenated alkanes) is 1. The maximum absolute atomic E-state index is 12.5. The van der Waals surface area contributed by atoms with Gasteiger partial charge in [0.25, 0.3) is 0 Å². The van der Waals surface area contributed by atoms with Crippen LogP contribution < -0.4 is 5.73 Å². The number of nitrogen functional groups attached to an aromatic ring is 1. The molecule has 0 bridgehead atoms. The van der Waals surface area contributed by atoms with Gasteiger partial charge in [-0.3, -0.25) is 0 Å². The third-order valence-electron chi connectivity index (χ3n) is 5.29. The second-order valence-electron chi connectivity index (χ2n) is 7.24. The molecule has 0 amide bonds. The molecule has 2 aromatic heterocycles. The number of aryl methyl sites for hydroxylation is 3. The molecule has 0 saturated carbocycles. The van der Waals surface area contributed by atoms with Crippen molar-refractivity contribution in [3.05, 3.63) is 47.4 Å². The Morgan fingerprint density at radius 2 is 1.83 bits per heavy atom. The van der Waals surface area contributed by atoms with E-state index in [1.54, 1.807) is 31.4 Å². The van der Waals surface area contributed by atoms with Crippen molar-refractivity contribution in [1.29, 1.82) is 0 Å². The van der Waals surface area contributed by atoms with Crippen LogP contribution in [0, 0.1) is 13.8 Å². The van der Waals surface area contributed by atoms with Gasteiger partial charge in [-0.25, -0.2) is 18.4 Å². The zero-order valence-electron chi connectivity index (χ0n) is 17.3. The second kappa shape index (κ2) is 8.51. The Morgan fingerprint density at radius 1 is 1.14 bits per heavy atom. The Kier molecular flexibility index (Phi) is 6.24. The Bertz CT molecular complexity index is 1110. The molecule has 0 fully saturated rings. The molecule has 3 aromatic rings. The van der Waals surface area contributed by atoms with Crippen molar-refractivity contribution in [2.75, 3.05) is 18.6 Å². The highest BCUT2D eigenvalue weighted by molar-refractivity contribution is 7.91. The maximum Gasteiger partial charge on any atom is 0.178 e. The van der Waals surface area contributed by atoms with Crippen LogP contribution in [0.25, 0.3) is 11.0 Å². The van der Waals surface area contributed by atoms with Gasteiger partial charge < -0.3 is 15.0 Å². The zero-order chi connectivity index (χ0) is 21.2. The second-order valence-corrected chi connectivity index (χ2v) is 9.35. The van der Waals surface area contributed by atoms with Gasteiger partial charge in [-0.15, -0.1) is 0 Å². The molecule has 0 aliphatic heterocycles. The number of imidazole rings is 1. The fourth-order valence-corrected chi connectivity index (χ4v) is 4.86. The first kappa shape index (κ1) is 21.3. The van der Waals surface area contributed by atoms with Crippen LogP contribution in [0.15, 0.2) is 35.2 Å². The molecule has 7 nitrogen and oxygen atoms in total. The van der Waals surface area contributed by atoms with Crippen molar-refractivity contribution >= 4 is 26.7 Å². The maximum atomic E-state index is 12.5. The number of hydrogen-bond donors (Lipinski definition) is 1. The van der Waals surface area contributed by atoms with Gasteiger partial charge in [-0.1, -0.05) is 18.2 Å². The normalized spacial score (nSPS) is 13.1. The number of anilines is 1. The number of sulfone groups is 1. The molecule has 0 radical (unpaired) electrons. The van der Waals surface area contributed by atoms with Crippen LogP contribution in [0.4, 0.5) is 5.82 Å². The quantitative estimate of drug-likeness (QED) is 0.563. The summed E-state index contributed by atoms with van der Waals surface area (Å²) in [6.07, 6.45) is 1.03. The predicted molar refractivity (Wildman–Crippen MR) is 115 cm³/mol. The van der Waals surface area contributed by atoms with Crippen molar-refractivity contribution < 1.29 is 13.2 Å². The van der Waals surface area contributed by atoms with Gasteiger partial charge >= 0.3 is 0 Å². The molecule has 0 aliphatic rings. The lowest BCUT2D eigenvalue weighted by Gasteiger charge is -2.15. The summed E-state index contributed by atoms with van der Waals surface area (Å²) >= 11 is 0. The Labute approximate surface area is 171 Å². The van der Waals surface area contributed by atoms with E-state index >= 15 is 0 Å². The molecule has 29 heavy (non-hydrogen) atoms. The SMILES string of the molecule is COC(C)c1nc2c(N)nc(C)c(C)c2n1CCCCS(=O)(=O)c1ccccc1. The number of methoxy groups -OCH3 is 1. The van der Waals surface area contributed by atoms with Gasteiger partial charge in [0.05, 0.1) is 16.2 Å². The van der Waals surface area contributed by atoms with Crippen LogP contribution >= 0.6 is 0 Å². The average molecular weight is 417 g/mol. The Hall–Kier alpha value is -2.45. The highest BCUT2D eigenvalue weighted by Crippen LogP contribution is 2.29. The number of hydrogen-bond acceptors (Lipinski definition) is 6. The van der Waals surface area contributed by atoms with Gasteiger partial charge in [0.15, 0.2) is 15.7 Å². The number of ether oxygens (including phenoxy) is 1. The average Bonchev–Trinajstić information content (AvgIpc) is 3.10. The number of nitrogens with two attached hydrogens (primary N) is 1. The number of nitrogens with zero attached hydrogens (tertiary/aromatic N) is 3. The molecule has 1 atom stereocenters. The molecule has 3 rings (SSSR count). The summed E-state index contributed by atoms with van der Waals surface area (Å²) in [5.74, 6) is 1.29. The molecule has 1 unspecified atom stereocenters. The van der Waals surface area contributed by atoms with Gasteiger partial charge in [0, 0.05) is 19.3 Å². The lowest BCUT2D eigenvalue weighted by atomic mass is 10.2. The third kappa shape index (κ3) is 4.28. The first-order valence-corrected chi connectivity index (χ1v) is 11.3. The summed E-state index contributed by atoms with van der Waals surface area (Å²) in [6, 6.07) is 8.57. The molecule has 0 aliphatic carbocycles. The number of pyridine rings is 1. The van der Waals surface area contributed by atoms with Crippen molar-refractivity contribution in [3.63, 3.8) is 0 Å². The van der Waals surface area contributed by atoms with Gasteiger partial charge in [0.2, 0.25) is 0 Å². The summed E-state index contributed by atoms with van der Waals surface area (Å²) in [5.41, 5.74) is 9.62. The Balaban J connectivity index is 1.84. The van der Waals surface area contributed by atoms with Gasteiger partial charge in [0.1, 0.15) is 17.4 Å². The lowest BCUT2D eigenvalue weighted by Crippen LogP contribution is -2.11. The molecule has 2 N–H and O–H groups in total. The third-order valence-corrected chi connectivity index (χ3v) is 7.11. The summed E-state index contributed by atoms with van der Waals surface area (Å²) < 4.78 is 32.6. The van der Waals surface area contributed by atoms with Crippen LogP contribution in [0.5, 0.6) is 0 Å².